The van der Waals surface area contributed by atoms with E-state index in [2.05, 4.69) is 24.1 Å². The molecule has 0 radical (unpaired) electrons. The SMILES string of the molecule is Cc1ccc(C(O)CNC(=O)C(C)N2C(C)CCC2C)cc1. The highest BCUT2D eigenvalue weighted by atomic mass is 16.3. The highest BCUT2D eigenvalue weighted by molar-refractivity contribution is 5.81. The molecule has 1 amide bonds. The van der Waals surface area contributed by atoms with Gasteiger partial charge >= 0.3 is 0 Å². The highest BCUT2D eigenvalue weighted by Crippen LogP contribution is 2.25. The Balaban J connectivity index is 1.88. The molecule has 0 saturated carbocycles. The number of aryl methyl sites for hydroxylation is 1. The van der Waals surface area contributed by atoms with Crippen molar-refractivity contribution in [1.82, 2.24) is 10.2 Å². The molecule has 1 fully saturated rings. The van der Waals surface area contributed by atoms with Crippen molar-refractivity contribution in [3.8, 4) is 0 Å². The van der Waals surface area contributed by atoms with Crippen LogP contribution in [0.3, 0.4) is 0 Å². The van der Waals surface area contributed by atoms with Crippen LogP contribution >= 0.6 is 0 Å². The molecule has 1 aliphatic rings. The minimum absolute atomic E-state index is 0.00763. The summed E-state index contributed by atoms with van der Waals surface area (Å²) in [5, 5.41) is 13.1. The van der Waals surface area contributed by atoms with Crippen LogP contribution in [0.15, 0.2) is 24.3 Å². The Morgan fingerprint density at radius 2 is 1.82 bits per heavy atom. The van der Waals surface area contributed by atoms with E-state index >= 15 is 0 Å². The van der Waals surface area contributed by atoms with E-state index in [0.29, 0.717) is 12.1 Å². The fourth-order valence-corrected chi connectivity index (χ4v) is 3.37. The third kappa shape index (κ3) is 3.87. The molecule has 1 aromatic carbocycles. The molecule has 4 unspecified atom stereocenters. The Hall–Kier alpha value is -1.39. The van der Waals surface area contributed by atoms with Gasteiger partial charge in [-0.05, 0) is 46.1 Å². The van der Waals surface area contributed by atoms with Gasteiger partial charge in [-0.3, -0.25) is 9.69 Å². The zero-order valence-corrected chi connectivity index (χ0v) is 14.0. The first kappa shape index (κ1) is 17.0. The van der Waals surface area contributed by atoms with Gasteiger partial charge in [0.15, 0.2) is 0 Å². The van der Waals surface area contributed by atoms with Gasteiger partial charge in [-0.2, -0.15) is 0 Å². The molecule has 4 nitrogen and oxygen atoms in total. The summed E-state index contributed by atoms with van der Waals surface area (Å²) in [6, 6.07) is 8.47. The smallest absolute Gasteiger partial charge is 0.237 e. The molecule has 1 aliphatic heterocycles. The standard InChI is InChI=1S/C18H28N2O2/c1-12-5-9-16(10-6-12)17(21)11-19-18(22)15(4)20-13(2)7-8-14(20)3/h5-6,9-10,13-15,17,21H,7-8,11H2,1-4H3,(H,19,22). The normalized spacial score (nSPS) is 25.0. The number of hydrogen-bond donors (Lipinski definition) is 2. The highest BCUT2D eigenvalue weighted by Gasteiger charge is 2.34. The molecule has 1 aromatic rings. The van der Waals surface area contributed by atoms with Crippen molar-refractivity contribution in [2.75, 3.05) is 6.54 Å². The van der Waals surface area contributed by atoms with Gasteiger partial charge in [0.1, 0.15) is 0 Å². The van der Waals surface area contributed by atoms with E-state index in [-0.39, 0.29) is 18.5 Å². The van der Waals surface area contributed by atoms with Gasteiger partial charge in [-0.15, -0.1) is 0 Å². The molecule has 2 rings (SSSR count). The number of carbonyl (C=O) groups excluding carboxylic acids is 1. The maximum atomic E-state index is 12.3. The number of nitrogens with one attached hydrogen (secondary N) is 1. The quantitative estimate of drug-likeness (QED) is 0.878. The monoisotopic (exact) mass is 304 g/mol. The molecule has 4 heteroatoms. The zero-order valence-electron chi connectivity index (χ0n) is 14.0. The van der Waals surface area contributed by atoms with Crippen LogP contribution in [0.25, 0.3) is 0 Å². The van der Waals surface area contributed by atoms with Crippen LogP contribution in [0.4, 0.5) is 0 Å². The average Bonchev–Trinajstić information content (AvgIpc) is 2.83. The molecule has 0 spiro atoms. The molecule has 4 atom stereocenters. The first-order chi connectivity index (χ1) is 10.4. The zero-order chi connectivity index (χ0) is 16.3. The summed E-state index contributed by atoms with van der Waals surface area (Å²) in [6.07, 6.45) is 1.63. The molecule has 0 bridgehead atoms. The number of hydrogen-bond acceptors (Lipinski definition) is 3. The Labute approximate surface area is 133 Å². The van der Waals surface area contributed by atoms with Crippen LogP contribution in [0.1, 0.15) is 50.8 Å². The van der Waals surface area contributed by atoms with Gasteiger partial charge in [-0.1, -0.05) is 29.8 Å². The topological polar surface area (TPSA) is 52.6 Å². The summed E-state index contributed by atoms with van der Waals surface area (Å²) in [4.78, 5) is 14.6. The largest absolute Gasteiger partial charge is 0.387 e. The second-order valence-electron chi connectivity index (χ2n) is 6.57. The summed E-state index contributed by atoms with van der Waals surface area (Å²) in [5.74, 6) is -0.00763. The molecule has 2 N–H and O–H groups in total. The molecule has 0 aromatic heterocycles. The van der Waals surface area contributed by atoms with Crippen molar-refractivity contribution >= 4 is 5.91 Å². The molecule has 1 saturated heterocycles. The van der Waals surface area contributed by atoms with Crippen molar-refractivity contribution < 1.29 is 9.90 Å². The van der Waals surface area contributed by atoms with Crippen molar-refractivity contribution in [3.63, 3.8) is 0 Å². The summed E-state index contributed by atoms with van der Waals surface area (Å²) in [6.45, 7) is 8.57. The van der Waals surface area contributed by atoms with E-state index in [1.54, 1.807) is 0 Å². The summed E-state index contributed by atoms with van der Waals surface area (Å²) in [5.41, 5.74) is 1.99. The van der Waals surface area contributed by atoms with E-state index in [1.807, 2.05) is 38.1 Å². The fraction of sp³-hybridized carbons (Fsp3) is 0.611. The molecular weight excluding hydrogens is 276 g/mol. The minimum Gasteiger partial charge on any atom is -0.387 e. The maximum Gasteiger partial charge on any atom is 0.237 e. The van der Waals surface area contributed by atoms with Crippen LogP contribution in [0.2, 0.25) is 0 Å². The van der Waals surface area contributed by atoms with Crippen LogP contribution in [0.5, 0.6) is 0 Å². The molecule has 122 valence electrons. The molecule has 0 aliphatic carbocycles. The Bertz CT molecular complexity index is 490. The van der Waals surface area contributed by atoms with Crippen LogP contribution in [-0.2, 0) is 4.79 Å². The average molecular weight is 304 g/mol. The van der Waals surface area contributed by atoms with E-state index in [9.17, 15) is 9.90 Å². The molecular formula is C18H28N2O2. The van der Waals surface area contributed by atoms with E-state index in [0.717, 1.165) is 24.0 Å². The summed E-state index contributed by atoms with van der Waals surface area (Å²) >= 11 is 0. The van der Waals surface area contributed by atoms with Crippen LogP contribution in [0, 0.1) is 6.92 Å². The van der Waals surface area contributed by atoms with Crippen molar-refractivity contribution in [3.05, 3.63) is 35.4 Å². The molecule has 22 heavy (non-hydrogen) atoms. The lowest BCUT2D eigenvalue weighted by molar-refractivity contribution is -0.127. The second kappa shape index (κ2) is 7.25. The van der Waals surface area contributed by atoms with Crippen molar-refractivity contribution in [1.29, 1.82) is 0 Å². The van der Waals surface area contributed by atoms with E-state index in [1.165, 1.54) is 0 Å². The van der Waals surface area contributed by atoms with Gasteiger partial charge in [0, 0.05) is 18.6 Å². The Kier molecular flexibility index (Phi) is 5.59. The predicted molar refractivity (Wildman–Crippen MR) is 88.6 cm³/mol. The van der Waals surface area contributed by atoms with Crippen LogP contribution < -0.4 is 5.32 Å². The van der Waals surface area contributed by atoms with Crippen LogP contribution in [-0.4, -0.2) is 40.6 Å². The van der Waals surface area contributed by atoms with Gasteiger partial charge in [0.2, 0.25) is 5.91 Å². The first-order valence-corrected chi connectivity index (χ1v) is 8.20. The Morgan fingerprint density at radius 3 is 2.36 bits per heavy atom. The number of rotatable bonds is 5. The van der Waals surface area contributed by atoms with E-state index in [4.69, 9.17) is 0 Å². The van der Waals surface area contributed by atoms with Gasteiger partial charge in [0.25, 0.3) is 0 Å². The van der Waals surface area contributed by atoms with Gasteiger partial charge < -0.3 is 10.4 Å². The van der Waals surface area contributed by atoms with Gasteiger partial charge in [0.05, 0.1) is 12.1 Å². The molecule has 1 heterocycles. The summed E-state index contributed by atoms with van der Waals surface area (Å²) in [7, 11) is 0. The lowest BCUT2D eigenvalue weighted by atomic mass is 10.1. The number of nitrogens with zero attached hydrogens (tertiary/aromatic N) is 1. The van der Waals surface area contributed by atoms with E-state index < -0.39 is 6.10 Å². The Morgan fingerprint density at radius 1 is 1.27 bits per heavy atom. The maximum absolute atomic E-state index is 12.3. The number of benzene rings is 1. The number of likely N-dealkylation sites (tertiary alicyclic amines) is 1. The first-order valence-electron chi connectivity index (χ1n) is 8.20. The number of aliphatic hydroxyl groups excluding tert-OH is 1. The van der Waals surface area contributed by atoms with Crippen molar-refractivity contribution in [2.24, 2.45) is 0 Å². The third-order valence-electron chi connectivity index (χ3n) is 4.78. The lowest BCUT2D eigenvalue weighted by Gasteiger charge is -2.31. The minimum atomic E-state index is -0.662. The number of carbonyl (C=O) groups is 1. The third-order valence-corrected chi connectivity index (χ3v) is 4.78. The second-order valence-corrected chi connectivity index (χ2v) is 6.57. The predicted octanol–water partition coefficient (Wildman–Crippen LogP) is 2.41. The lowest BCUT2D eigenvalue weighted by Crippen LogP contribution is -2.49. The van der Waals surface area contributed by atoms with Crippen molar-refractivity contribution in [2.45, 2.75) is 64.8 Å². The number of aliphatic hydroxyl groups is 1. The fourth-order valence-electron chi connectivity index (χ4n) is 3.37. The van der Waals surface area contributed by atoms with Gasteiger partial charge in [-0.25, -0.2) is 0 Å². The summed E-state index contributed by atoms with van der Waals surface area (Å²) < 4.78 is 0. The number of amides is 1.